The van der Waals surface area contributed by atoms with Gasteiger partial charge in [-0.15, -0.1) is 0 Å². The van der Waals surface area contributed by atoms with Crippen LogP contribution in [0.2, 0.25) is 0 Å². The van der Waals surface area contributed by atoms with E-state index in [1.807, 2.05) is 0 Å². The van der Waals surface area contributed by atoms with Crippen LogP contribution in [0.3, 0.4) is 0 Å². The van der Waals surface area contributed by atoms with E-state index in [0.717, 1.165) is 17.7 Å². The summed E-state index contributed by atoms with van der Waals surface area (Å²) in [6.07, 6.45) is -0.00490. The Balaban J connectivity index is 1.84. The third-order valence-corrected chi connectivity index (χ3v) is 4.46. The van der Waals surface area contributed by atoms with Gasteiger partial charge in [-0.1, -0.05) is 0 Å². The van der Waals surface area contributed by atoms with E-state index < -0.39 is 23.6 Å². The number of aliphatic carboxylic acids is 1. The molecule has 0 aliphatic carbocycles. The fraction of sp³-hybridized carbons (Fsp3) is 0.136. The predicted molar refractivity (Wildman–Crippen MR) is 112 cm³/mol. The predicted octanol–water partition coefficient (Wildman–Crippen LogP) is 3.03. The van der Waals surface area contributed by atoms with Gasteiger partial charge in [-0.05, 0) is 60.7 Å². The van der Waals surface area contributed by atoms with Crippen molar-refractivity contribution in [3.05, 3.63) is 72.2 Å². The fourth-order valence-electron chi connectivity index (χ4n) is 2.90. The van der Waals surface area contributed by atoms with Crippen molar-refractivity contribution in [1.82, 2.24) is 4.68 Å². The lowest BCUT2D eigenvalue weighted by Gasteiger charge is -2.15. The molecular weight excluding hydrogens is 405 g/mol. The molecule has 0 saturated heterocycles. The summed E-state index contributed by atoms with van der Waals surface area (Å²) in [4.78, 5) is 35.8. The van der Waals surface area contributed by atoms with Gasteiger partial charge in [-0.3, -0.25) is 24.5 Å². The van der Waals surface area contributed by atoms with Crippen LogP contribution in [0, 0.1) is 5.82 Å². The Labute approximate surface area is 177 Å². The third kappa shape index (κ3) is 5.47. The van der Waals surface area contributed by atoms with Gasteiger partial charge in [0.05, 0.1) is 19.2 Å². The maximum Gasteiger partial charge on any atom is 0.328 e. The number of hydrogen-bond donors (Lipinski definition) is 3. The summed E-state index contributed by atoms with van der Waals surface area (Å²) in [6, 6.07) is 15.4. The van der Waals surface area contributed by atoms with E-state index in [1.54, 1.807) is 43.5 Å². The molecule has 160 valence electrons. The largest absolute Gasteiger partial charge is 0.497 e. The molecule has 0 bridgehead atoms. The molecule has 1 aromatic heterocycles. The molecule has 0 radical (unpaired) electrons. The number of aryl methyl sites for hydroxylation is 1. The van der Waals surface area contributed by atoms with Crippen LogP contribution in [0.5, 0.6) is 5.75 Å². The molecule has 31 heavy (non-hydrogen) atoms. The number of methoxy groups -OCH3 is 1. The second-order valence-electron chi connectivity index (χ2n) is 6.57. The minimum absolute atomic E-state index is 0.144. The molecule has 3 N–H and O–H groups in total. The number of carboxylic acid groups (broad SMARTS) is 1. The van der Waals surface area contributed by atoms with E-state index in [0.29, 0.717) is 17.1 Å². The summed E-state index contributed by atoms with van der Waals surface area (Å²) < 4.78 is 19.6. The first-order chi connectivity index (χ1) is 14.9. The van der Waals surface area contributed by atoms with Gasteiger partial charge in [0.1, 0.15) is 11.6 Å². The van der Waals surface area contributed by atoms with Crippen LogP contribution < -0.4 is 15.5 Å². The highest BCUT2D eigenvalue weighted by molar-refractivity contribution is 6.42. The number of hydrogen-bond acceptors (Lipinski definition) is 4. The Kier molecular flexibility index (Phi) is 6.66. The number of anilines is 1. The number of rotatable bonds is 7. The Morgan fingerprint density at radius 3 is 2.26 bits per heavy atom. The first-order valence-electron chi connectivity index (χ1n) is 9.32. The monoisotopic (exact) mass is 425 g/mol. The molecule has 0 unspecified atom stereocenters. The lowest BCUT2D eigenvalue weighted by Crippen LogP contribution is -2.35. The van der Waals surface area contributed by atoms with Crippen molar-refractivity contribution >= 4 is 23.5 Å². The van der Waals surface area contributed by atoms with Crippen LogP contribution in [0.15, 0.2) is 60.7 Å². The number of nitrogens with zero attached hydrogens (tertiary/aromatic N) is 1. The van der Waals surface area contributed by atoms with E-state index in [1.165, 1.54) is 16.8 Å². The van der Waals surface area contributed by atoms with Gasteiger partial charge in [-0.25, -0.2) is 4.39 Å². The third-order valence-electron chi connectivity index (χ3n) is 4.46. The minimum atomic E-state index is -0.987. The fourth-order valence-corrected chi connectivity index (χ4v) is 2.90. The van der Waals surface area contributed by atoms with Crippen molar-refractivity contribution in [2.24, 2.45) is 0 Å². The second-order valence-corrected chi connectivity index (χ2v) is 6.57. The molecule has 3 aromatic rings. The lowest BCUT2D eigenvalue weighted by molar-refractivity contribution is -0.137. The summed E-state index contributed by atoms with van der Waals surface area (Å²) >= 11 is 0. The molecule has 2 aromatic carbocycles. The molecule has 1 heterocycles. The van der Waals surface area contributed by atoms with E-state index in [-0.39, 0.29) is 18.5 Å². The van der Waals surface area contributed by atoms with Crippen molar-refractivity contribution in [2.75, 3.05) is 17.9 Å². The number of halogens is 1. The summed E-state index contributed by atoms with van der Waals surface area (Å²) in [6.45, 7) is 0. The zero-order valence-corrected chi connectivity index (χ0v) is 16.6. The molecular formula is C22H20FN3O5. The molecule has 0 fully saturated rings. The van der Waals surface area contributed by atoms with Crippen LogP contribution in [0.25, 0.3) is 11.3 Å². The van der Waals surface area contributed by atoms with E-state index in [4.69, 9.17) is 9.84 Å². The summed E-state index contributed by atoms with van der Waals surface area (Å²) in [5.41, 5.74) is 4.56. The number of carboxylic acids is 1. The van der Waals surface area contributed by atoms with Crippen LogP contribution in [0.1, 0.15) is 12.1 Å². The van der Waals surface area contributed by atoms with Gasteiger partial charge in [0.2, 0.25) is 0 Å². The number of nitrogens with one attached hydrogen (secondary N) is 2. The first-order valence-corrected chi connectivity index (χ1v) is 9.32. The SMILES string of the molecule is COc1ccc(-c2ccc(CCC(=O)O)n2NC(=O)C(=O)Nc2ccc(F)cc2)cc1. The molecule has 9 heteroatoms. The van der Waals surface area contributed by atoms with Crippen molar-refractivity contribution in [3.63, 3.8) is 0 Å². The molecule has 0 aliphatic rings. The average molecular weight is 425 g/mol. The average Bonchev–Trinajstić information content (AvgIpc) is 3.16. The number of aromatic nitrogens is 1. The molecule has 2 amide bonds. The summed E-state index contributed by atoms with van der Waals surface area (Å²) in [7, 11) is 1.54. The van der Waals surface area contributed by atoms with Crippen molar-refractivity contribution in [1.29, 1.82) is 0 Å². The first kappa shape index (κ1) is 21.6. The number of carbonyl (C=O) groups is 3. The van der Waals surface area contributed by atoms with Crippen LogP contribution in [0.4, 0.5) is 10.1 Å². The quantitative estimate of drug-likeness (QED) is 0.504. The Hall–Kier alpha value is -4.14. The summed E-state index contributed by atoms with van der Waals surface area (Å²) in [5.74, 6) is -2.73. The maximum atomic E-state index is 13.0. The van der Waals surface area contributed by atoms with Crippen molar-refractivity contribution in [3.8, 4) is 17.0 Å². The van der Waals surface area contributed by atoms with Crippen LogP contribution >= 0.6 is 0 Å². The van der Waals surface area contributed by atoms with Gasteiger partial charge in [-0.2, -0.15) is 0 Å². The Morgan fingerprint density at radius 1 is 0.968 bits per heavy atom. The second kappa shape index (κ2) is 9.57. The minimum Gasteiger partial charge on any atom is -0.497 e. The highest BCUT2D eigenvalue weighted by Crippen LogP contribution is 2.25. The number of ether oxygens (including phenoxy) is 1. The zero-order valence-electron chi connectivity index (χ0n) is 16.6. The Bertz CT molecular complexity index is 1090. The highest BCUT2D eigenvalue weighted by Gasteiger charge is 2.19. The topological polar surface area (TPSA) is 110 Å². The van der Waals surface area contributed by atoms with Crippen molar-refractivity contribution < 1.29 is 28.6 Å². The molecule has 0 atom stereocenters. The van der Waals surface area contributed by atoms with Gasteiger partial charge in [0, 0.05) is 23.4 Å². The number of amides is 2. The zero-order chi connectivity index (χ0) is 22.4. The van der Waals surface area contributed by atoms with Crippen molar-refractivity contribution in [2.45, 2.75) is 12.8 Å². The molecule has 3 rings (SSSR count). The maximum absolute atomic E-state index is 13.0. The van der Waals surface area contributed by atoms with Gasteiger partial charge in [0.25, 0.3) is 0 Å². The van der Waals surface area contributed by atoms with Gasteiger partial charge >= 0.3 is 17.8 Å². The van der Waals surface area contributed by atoms with E-state index >= 15 is 0 Å². The summed E-state index contributed by atoms with van der Waals surface area (Å²) in [5, 5.41) is 11.4. The standard InChI is InChI=1S/C22H20FN3O5/c1-31-18-10-2-14(3-11-18)19-12-8-17(9-13-20(27)28)26(19)25-22(30)21(29)24-16-6-4-15(23)5-7-16/h2-8,10-12H,9,13H2,1H3,(H,24,29)(H,25,30)(H,27,28). The number of benzene rings is 2. The molecule has 0 aliphatic heterocycles. The van der Waals surface area contributed by atoms with E-state index in [9.17, 15) is 18.8 Å². The molecule has 0 spiro atoms. The Morgan fingerprint density at radius 2 is 1.65 bits per heavy atom. The molecule has 0 saturated carbocycles. The van der Waals surface area contributed by atoms with Crippen LogP contribution in [-0.2, 0) is 20.8 Å². The number of carbonyl (C=O) groups excluding carboxylic acids is 2. The van der Waals surface area contributed by atoms with Crippen LogP contribution in [-0.4, -0.2) is 34.7 Å². The molecule has 8 nitrogen and oxygen atoms in total. The highest BCUT2D eigenvalue weighted by atomic mass is 19.1. The lowest BCUT2D eigenvalue weighted by atomic mass is 10.1. The smallest absolute Gasteiger partial charge is 0.328 e. The van der Waals surface area contributed by atoms with E-state index in [2.05, 4.69) is 10.7 Å². The van der Waals surface area contributed by atoms with Gasteiger partial charge in [0.15, 0.2) is 0 Å². The normalized spacial score (nSPS) is 10.4. The van der Waals surface area contributed by atoms with Gasteiger partial charge < -0.3 is 15.2 Å².